The molecule has 0 aliphatic carbocycles. The zero-order chi connectivity index (χ0) is 60.1. The number of aromatic amines is 1. The molecule has 84 heavy (non-hydrogen) atoms. The second-order valence-corrected chi connectivity index (χ2v) is 22.5. The van der Waals surface area contributed by atoms with Crippen LogP contribution in [0.15, 0.2) is 48.6 Å². The fourth-order valence-electron chi connectivity index (χ4n) is 10.7. The van der Waals surface area contributed by atoms with Crippen molar-refractivity contribution < 1.29 is 43.0 Å². The summed E-state index contributed by atoms with van der Waals surface area (Å²) in [7, 11) is 1.45. The van der Waals surface area contributed by atoms with E-state index in [0.29, 0.717) is 89.7 Å². The van der Waals surface area contributed by atoms with Crippen LogP contribution in [0, 0.1) is 19.8 Å². The molecule has 9 rings (SSSR count). The summed E-state index contributed by atoms with van der Waals surface area (Å²) in [6.45, 7) is 19.5. The zero-order valence-corrected chi connectivity index (χ0v) is 48.9. The average molecular weight is 1160 g/mol. The smallest absolute Gasteiger partial charge is 0.408 e. The molecule has 7 heterocycles. The molecule has 8 N–H and O–H groups in total. The molecule has 2 aliphatic heterocycles. The van der Waals surface area contributed by atoms with Crippen molar-refractivity contribution in [1.29, 1.82) is 0 Å². The van der Waals surface area contributed by atoms with Gasteiger partial charge in [-0.25, -0.2) is 14.8 Å². The highest BCUT2D eigenvalue weighted by molar-refractivity contribution is 6.05. The van der Waals surface area contributed by atoms with Crippen LogP contribution < -0.4 is 36.9 Å². The normalized spacial score (nSPS) is 14.5. The van der Waals surface area contributed by atoms with Crippen LogP contribution in [0.3, 0.4) is 0 Å². The van der Waals surface area contributed by atoms with E-state index < -0.39 is 41.4 Å². The molecule has 7 aromatic rings. The van der Waals surface area contributed by atoms with Crippen LogP contribution in [-0.2, 0) is 42.3 Å². The number of allylic oxidation sites excluding steroid dienone is 2. The molecule has 1 fully saturated rings. The van der Waals surface area contributed by atoms with Crippen molar-refractivity contribution in [2.24, 2.45) is 17.4 Å². The number of hydrogen-bond donors (Lipinski definition) is 6. The minimum atomic E-state index is -0.727. The summed E-state index contributed by atoms with van der Waals surface area (Å²) in [5, 5.41) is 29.1. The van der Waals surface area contributed by atoms with Gasteiger partial charge in [0, 0.05) is 56.3 Å². The highest BCUT2D eigenvalue weighted by atomic mass is 16.6. The molecule has 0 unspecified atom stereocenters. The largest absolute Gasteiger partial charge is 0.494 e. The molecule has 1 saturated heterocycles. The summed E-state index contributed by atoms with van der Waals surface area (Å²) < 4.78 is 25.0. The Bertz CT molecular complexity index is 3640. The maximum atomic E-state index is 14.0. The molecule has 0 saturated carbocycles. The number of likely N-dealkylation sites (tertiary alicyclic amines) is 1. The minimum Gasteiger partial charge on any atom is -0.494 e. The van der Waals surface area contributed by atoms with Crippen molar-refractivity contribution >= 4 is 69.6 Å². The second-order valence-electron chi connectivity index (χ2n) is 22.5. The molecule has 0 bridgehead atoms. The standard InChI is InChI=1S/C57H74N18O9/c1-10-75-42(26-34(5)69-75)52(79)64-55-61-39-28-37(49(59)77)30-44(47(39)74(55)18-12-11-17-73-46-38(27-36(48(58)76)29-43(46)82-9)60-54(73)63-51(78)40-25-33(4)65-66-40)83-23-13-16-70-19-14-35(15-20-70)50-68-67-45-31-71(21-22-72(45)50)53(80)41(24-32(2)3)62-56(81)84-57(6,7)8/h11-12,25-30,32,35,41H,10,13-24,31H2,1-9H3,(H2,58,76)(H2,59,77)(H,62,81)(H,65,66)(H,60,63,78)(H,61,64,79)/b12-11+/t41-/m0/s1. The number of benzene rings is 2. The van der Waals surface area contributed by atoms with Crippen molar-refractivity contribution in [3.8, 4) is 11.5 Å². The summed E-state index contributed by atoms with van der Waals surface area (Å²) >= 11 is 0. The summed E-state index contributed by atoms with van der Waals surface area (Å²) in [5.74, 6) is 0.414. The maximum Gasteiger partial charge on any atom is 0.408 e. The average Bonchev–Trinajstić information content (AvgIpc) is 2.96. The summed E-state index contributed by atoms with van der Waals surface area (Å²) in [6.07, 6.45) is 5.89. The van der Waals surface area contributed by atoms with E-state index in [2.05, 4.69) is 55.9 Å². The number of imidazole rings is 2. The topological polar surface area (TPSA) is 338 Å². The number of amides is 6. The number of alkyl carbamates (subject to hydrolysis) is 1. The Morgan fingerprint density at radius 1 is 0.810 bits per heavy atom. The highest BCUT2D eigenvalue weighted by Crippen LogP contribution is 2.34. The van der Waals surface area contributed by atoms with Gasteiger partial charge in [0.15, 0.2) is 5.82 Å². The van der Waals surface area contributed by atoms with Crippen molar-refractivity contribution in [1.82, 2.24) is 69.0 Å². The first kappa shape index (κ1) is 59.5. The summed E-state index contributed by atoms with van der Waals surface area (Å²) in [6, 6.07) is 8.73. The summed E-state index contributed by atoms with van der Waals surface area (Å²) in [4.78, 5) is 92.8. The number of nitrogens with zero attached hydrogens (tertiary/aromatic N) is 12. The molecule has 2 aromatic carbocycles. The Balaban J connectivity index is 0.903. The van der Waals surface area contributed by atoms with Crippen LogP contribution >= 0.6 is 0 Å². The number of anilines is 2. The van der Waals surface area contributed by atoms with E-state index in [4.69, 9.17) is 30.7 Å². The Kier molecular flexibility index (Phi) is 17.8. The molecule has 446 valence electrons. The Hall–Kier alpha value is -9.14. The number of primary amides is 2. The van der Waals surface area contributed by atoms with Crippen LogP contribution in [0.1, 0.15) is 138 Å². The van der Waals surface area contributed by atoms with Crippen LogP contribution in [0.25, 0.3) is 22.1 Å². The van der Waals surface area contributed by atoms with Gasteiger partial charge in [0.25, 0.3) is 11.8 Å². The van der Waals surface area contributed by atoms with Crippen molar-refractivity contribution in [3.63, 3.8) is 0 Å². The third-order valence-corrected chi connectivity index (χ3v) is 14.6. The first-order chi connectivity index (χ1) is 40.1. The first-order valence-electron chi connectivity index (χ1n) is 28.2. The van der Waals surface area contributed by atoms with Crippen LogP contribution in [0.5, 0.6) is 11.5 Å². The molecule has 27 heteroatoms. The van der Waals surface area contributed by atoms with Gasteiger partial charge in [-0.05, 0) is 123 Å². The van der Waals surface area contributed by atoms with Gasteiger partial charge in [-0.1, -0.05) is 26.0 Å². The first-order valence-corrected chi connectivity index (χ1v) is 28.2. The SMILES string of the molecule is CCn1nc(C)cc1C(=O)Nc1nc2cc(C(N)=O)cc(OCCCN3CCC(c4nnc5n4CCN(C(=O)[C@H](CC(C)C)NC(=O)OC(C)(C)C)C5)CC3)c2n1C/C=C/Cn1c(NC(=O)c2cc(C)n[nH]2)nc2cc(C(N)=O)cc(OC)c21. The molecular formula is C57H74N18O9. The number of methoxy groups -OCH3 is 1. The molecule has 27 nitrogen and oxygen atoms in total. The summed E-state index contributed by atoms with van der Waals surface area (Å²) in [5.41, 5.74) is 14.7. The molecule has 5 aromatic heterocycles. The van der Waals surface area contributed by atoms with Gasteiger partial charge >= 0.3 is 6.09 Å². The quantitative estimate of drug-likeness (QED) is 0.0364. The Morgan fingerprint density at radius 2 is 1.44 bits per heavy atom. The van der Waals surface area contributed by atoms with Crippen molar-refractivity contribution in [3.05, 3.63) is 94.1 Å². The van der Waals surface area contributed by atoms with Gasteiger partial charge in [0.05, 0.1) is 42.7 Å². The van der Waals surface area contributed by atoms with Crippen molar-refractivity contribution in [2.45, 2.75) is 131 Å². The van der Waals surface area contributed by atoms with Gasteiger partial charge < -0.3 is 54.5 Å². The number of aryl methyl sites for hydroxylation is 3. The number of nitrogens with one attached hydrogen (secondary N) is 4. The number of hydrogen-bond acceptors (Lipinski definition) is 16. The highest BCUT2D eigenvalue weighted by Gasteiger charge is 2.34. The van der Waals surface area contributed by atoms with E-state index in [1.807, 2.05) is 32.9 Å². The molecular weight excluding hydrogens is 1080 g/mol. The minimum absolute atomic E-state index is 0.127. The third-order valence-electron chi connectivity index (χ3n) is 14.6. The second kappa shape index (κ2) is 25.2. The number of aromatic nitrogens is 11. The number of fused-ring (bicyclic) bond motifs is 3. The predicted molar refractivity (Wildman–Crippen MR) is 311 cm³/mol. The monoisotopic (exact) mass is 1150 g/mol. The van der Waals surface area contributed by atoms with Crippen molar-refractivity contribution in [2.75, 3.05) is 50.5 Å². The maximum absolute atomic E-state index is 14.0. The fraction of sp³-hybridized carbons (Fsp3) is 0.474. The number of carbonyl (C=O) groups is 6. The number of ether oxygens (including phenoxy) is 3. The molecule has 1 atom stereocenters. The zero-order valence-electron chi connectivity index (χ0n) is 48.9. The lowest BCUT2D eigenvalue weighted by atomic mass is 9.95. The lowest BCUT2D eigenvalue weighted by molar-refractivity contribution is -0.135. The molecule has 0 radical (unpaired) electrons. The Labute approximate surface area is 484 Å². The molecule has 2 aliphatic rings. The third kappa shape index (κ3) is 13.5. The van der Waals surface area contributed by atoms with E-state index in [0.717, 1.165) is 44.1 Å². The van der Waals surface area contributed by atoms with Gasteiger partial charge in [0.1, 0.15) is 51.4 Å². The van der Waals surface area contributed by atoms with E-state index >= 15 is 0 Å². The predicted octanol–water partition coefficient (Wildman–Crippen LogP) is 5.43. The fourth-order valence-corrected chi connectivity index (χ4v) is 10.7. The lowest BCUT2D eigenvalue weighted by Crippen LogP contribution is -2.52. The van der Waals surface area contributed by atoms with Crippen LogP contribution in [-0.4, -0.2) is 151 Å². The van der Waals surface area contributed by atoms with Gasteiger partial charge in [0.2, 0.25) is 29.6 Å². The van der Waals surface area contributed by atoms with Gasteiger partial charge in [-0.2, -0.15) is 10.2 Å². The van der Waals surface area contributed by atoms with Crippen LogP contribution in [0.2, 0.25) is 0 Å². The number of carbonyl (C=O) groups excluding carboxylic acids is 6. The van der Waals surface area contributed by atoms with E-state index in [1.165, 1.54) is 19.2 Å². The van der Waals surface area contributed by atoms with E-state index in [9.17, 15) is 28.8 Å². The molecule has 6 amide bonds. The van der Waals surface area contributed by atoms with E-state index in [1.54, 1.807) is 77.6 Å². The van der Waals surface area contributed by atoms with Crippen LogP contribution in [0.4, 0.5) is 16.7 Å². The number of nitrogens with two attached hydrogens (primary N) is 2. The van der Waals surface area contributed by atoms with Gasteiger partial charge in [-0.3, -0.25) is 44.4 Å². The lowest BCUT2D eigenvalue weighted by Gasteiger charge is -2.34. The van der Waals surface area contributed by atoms with Gasteiger partial charge in [-0.15, -0.1) is 10.2 Å². The number of rotatable bonds is 22. The molecule has 0 spiro atoms. The Morgan fingerprint density at radius 3 is 2.02 bits per heavy atom. The number of piperidine rings is 1. The number of H-pyrrole nitrogens is 1. The van der Waals surface area contributed by atoms with E-state index in [-0.39, 0.29) is 66.2 Å².